The SMILES string of the molecule is COc1ccc(N2C(=O)C3=NC(C)(C)CNC(C)=C3C2c2cccc(C(F)(F)F)c2)cc1. The summed E-state index contributed by atoms with van der Waals surface area (Å²) in [4.78, 5) is 19.9. The third kappa shape index (κ3) is 3.85. The van der Waals surface area contributed by atoms with Crippen LogP contribution in [0.15, 0.2) is 64.8 Å². The number of aliphatic imine (C=N–C) groups is 1. The molecular weight excluding hydrogens is 419 g/mol. The van der Waals surface area contributed by atoms with Crippen LogP contribution >= 0.6 is 0 Å². The standard InChI is InChI=1S/C24H24F3N3O2/c1-14-19-20(29-23(2,3)13-28-14)22(31)30(17-8-10-18(32-4)11-9-17)21(19)15-6-5-7-16(12-15)24(25,26)27/h5-12,21,28H,13H2,1-4H3. The molecule has 1 N–H and O–H groups in total. The minimum Gasteiger partial charge on any atom is -0.497 e. The van der Waals surface area contributed by atoms with Crippen LogP contribution in [0.1, 0.15) is 37.9 Å². The van der Waals surface area contributed by atoms with Gasteiger partial charge in [-0.15, -0.1) is 0 Å². The van der Waals surface area contributed by atoms with Crippen molar-refractivity contribution in [3.63, 3.8) is 0 Å². The molecule has 0 aromatic heterocycles. The van der Waals surface area contributed by atoms with Crippen LogP contribution in [0.2, 0.25) is 0 Å². The molecule has 0 bridgehead atoms. The van der Waals surface area contributed by atoms with E-state index in [4.69, 9.17) is 9.73 Å². The predicted molar refractivity (Wildman–Crippen MR) is 117 cm³/mol. The van der Waals surface area contributed by atoms with Crippen molar-refractivity contribution >= 4 is 17.3 Å². The Labute approximate surface area is 184 Å². The molecule has 2 aromatic rings. The Morgan fingerprint density at radius 1 is 1.16 bits per heavy atom. The zero-order valence-electron chi connectivity index (χ0n) is 18.2. The monoisotopic (exact) mass is 443 g/mol. The number of fused-ring (bicyclic) bond motifs is 1. The van der Waals surface area contributed by atoms with Gasteiger partial charge in [0.15, 0.2) is 0 Å². The van der Waals surface area contributed by atoms with Crippen molar-refractivity contribution < 1.29 is 22.7 Å². The molecule has 0 spiro atoms. The number of carbonyl (C=O) groups excluding carboxylic acids is 1. The number of methoxy groups -OCH3 is 1. The molecule has 2 heterocycles. The number of rotatable bonds is 3. The summed E-state index contributed by atoms with van der Waals surface area (Å²) in [5.74, 6) is 0.268. The van der Waals surface area contributed by atoms with E-state index in [1.165, 1.54) is 18.1 Å². The van der Waals surface area contributed by atoms with Crippen molar-refractivity contribution in [2.75, 3.05) is 18.6 Å². The third-order valence-electron chi connectivity index (χ3n) is 5.69. The number of anilines is 1. The summed E-state index contributed by atoms with van der Waals surface area (Å²) >= 11 is 0. The average Bonchev–Trinajstić information content (AvgIpc) is 2.96. The van der Waals surface area contributed by atoms with Gasteiger partial charge in [-0.3, -0.25) is 14.7 Å². The van der Waals surface area contributed by atoms with E-state index in [9.17, 15) is 18.0 Å². The van der Waals surface area contributed by atoms with Gasteiger partial charge >= 0.3 is 6.18 Å². The average molecular weight is 443 g/mol. The normalized spacial score (nSPS) is 20.5. The number of alkyl halides is 3. The van der Waals surface area contributed by atoms with Crippen molar-refractivity contribution in [2.24, 2.45) is 4.99 Å². The van der Waals surface area contributed by atoms with Crippen molar-refractivity contribution in [3.8, 4) is 5.75 Å². The van der Waals surface area contributed by atoms with E-state index < -0.39 is 23.3 Å². The first-order chi connectivity index (χ1) is 15.0. The number of carbonyl (C=O) groups is 1. The Morgan fingerprint density at radius 3 is 2.47 bits per heavy atom. The summed E-state index contributed by atoms with van der Waals surface area (Å²) in [7, 11) is 1.54. The number of benzene rings is 2. The molecule has 5 nitrogen and oxygen atoms in total. The fourth-order valence-electron chi connectivity index (χ4n) is 4.09. The van der Waals surface area contributed by atoms with Crippen LogP contribution in [0.4, 0.5) is 18.9 Å². The van der Waals surface area contributed by atoms with Crippen LogP contribution < -0.4 is 15.0 Å². The van der Waals surface area contributed by atoms with Gasteiger partial charge in [0.25, 0.3) is 5.91 Å². The fraction of sp³-hybridized carbons (Fsp3) is 0.333. The van der Waals surface area contributed by atoms with E-state index in [2.05, 4.69) is 5.32 Å². The number of halogens is 3. The lowest BCUT2D eigenvalue weighted by Crippen LogP contribution is -2.34. The lowest BCUT2D eigenvalue weighted by molar-refractivity contribution is -0.137. The first-order valence-electron chi connectivity index (χ1n) is 10.2. The lowest BCUT2D eigenvalue weighted by Gasteiger charge is -2.27. The third-order valence-corrected chi connectivity index (χ3v) is 5.69. The highest BCUT2D eigenvalue weighted by Crippen LogP contribution is 2.43. The van der Waals surface area contributed by atoms with Crippen LogP contribution in [0.25, 0.3) is 0 Å². The summed E-state index contributed by atoms with van der Waals surface area (Å²) in [6, 6.07) is 11.2. The Balaban J connectivity index is 1.94. The second kappa shape index (κ2) is 7.69. The van der Waals surface area contributed by atoms with E-state index in [0.29, 0.717) is 29.1 Å². The second-order valence-corrected chi connectivity index (χ2v) is 8.56. The summed E-state index contributed by atoms with van der Waals surface area (Å²) in [5.41, 5.74) is 1.19. The van der Waals surface area contributed by atoms with Crippen LogP contribution in [0, 0.1) is 0 Å². The molecule has 2 aliphatic heterocycles. The molecule has 2 aliphatic rings. The summed E-state index contributed by atoms with van der Waals surface area (Å²) in [6.07, 6.45) is -4.49. The predicted octanol–water partition coefficient (Wildman–Crippen LogP) is 4.90. The summed E-state index contributed by atoms with van der Waals surface area (Å²) in [5, 5.41) is 3.31. The highest BCUT2D eigenvalue weighted by atomic mass is 19.4. The van der Waals surface area contributed by atoms with Crippen LogP contribution in [-0.4, -0.2) is 30.8 Å². The number of hydrogen-bond acceptors (Lipinski definition) is 4. The van der Waals surface area contributed by atoms with Gasteiger partial charge in [0.05, 0.1) is 24.3 Å². The van der Waals surface area contributed by atoms with Gasteiger partial charge in [0, 0.05) is 23.5 Å². The molecule has 1 saturated heterocycles. The fourth-order valence-corrected chi connectivity index (χ4v) is 4.09. The van der Waals surface area contributed by atoms with Gasteiger partial charge in [-0.1, -0.05) is 12.1 Å². The Bertz CT molecular complexity index is 1120. The van der Waals surface area contributed by atoms with E-state index in [-0.39, 0.29) is 11.6 Å². The van der Waals surface area contributed by atoms with E-state index >= 15 is 0 Å². The largest absolute Gasteiger partial charge is 0.497 e. The van der Waals surface area contributed by atoms with Crippen LogP contribution in [-0.2, 0) is 11.0 Å². The van der Waals surface area contributed by atoms with Crippen molar-refractivity contribution in [1.82, 2.24) is 5.32 Å². The van der Waals surface area contributed by atoms with Gasteiger partial charge in [-0.2, -0.15) is 13.2 Å². The number of allylic oxidation sites excluding steroid dienone is 1. The van der Waals surface area contributed by atoms with Gasteiger partial charge in [-0.25, -0.2) is 0 Å². The van der Waals surface area contributed by atoms with Crippen molar-refractivity contribution in [1.29, 1.82) is 0 Å². The van der Waals surface area contributed by atoms with Gasteiger partial charge in [0.1, 0.15) is 11.5 Å². The Morgan fingerprint density at radius 2 is 1.84 bits per heavy atom. The highest BCUT2D eigenvalue weighted by molar-refractivity contribution is 6.53. The smallest absolute Gasteiger partial charge is 0.416 e. The molecule has 8 heteroatoms. The minimum absolute atomic E-state index is 0.274. The lowest BCUT2D eigenvalue weighted by atomic mass is 9.95. The molecule has 0 saturated carbocycles. The number of nitrogens with one attached hydrogen (secondary N) is 1. The van der Waals surface area contributed by atoms with E-state index in [1.807, 2.05) is 20.8 Å². The zero-order chi connectivity index (χ0) is 23.3. The first kappa shape index (κ1) is 21.9. The maximum absolute atomic E-state index is 13.6. The molecule has 1 atom stereocenters. The quantitative estimate of drug-likeness (QED) is 0.734. The molecule has 168 valence electrons. The molecule has 32 heavy (non-hydrogen) atoms. The minimum atomic E-state index is -4.49. The second-order valence-electron chi connectivity index (χ2n) is 8.56. The number of hydrogen-bond donors (Lipinski definition) is 1. The Hall–Kier alpha value is -3.29. The highest BCUT2D eigenvalue weighted by Gasteiger charge is 2.46. The molecule has 0 aliphatic carbocycles. The molecular formula is C24H24F3N3O2. The number of amides is 1. The van der Waals surface area contributed by atoms with Crippen molar-refractivity contribution in [2.45, 2.75) is 38.5 Å². The number of nitrogens with zero attached hydrogens (tertiary/aromatic N) is 2. The molecule has 2 aromatic carbocycles. The number of ether oxygens (including phenoxy) is 1. The van der Waals surface area contributed by atoms with Gasteiger partial charge in [-0.05, 0) is 62.7 Å². The molecule has 1 fully saturated rings. The van der Waals surface area contributed by atoms with Gasteiger partial charge in [0.2, 0.25) is 0 Å². The van der Waals surface area contributed by atoms with E-state index in [1.54, 1.807) is 30.3 Å². The molecule has 1 amide bonds. The molecule has 4 rings (SSSR count). The maximum Gasteiger partial charge on any atom is 0.416 e. The van der Waals surface area contributed by atoms with E-state index in [0.717, 1.165) is 17.8 Å². The topological polar surface area (TPSA) is 53.9 Å². The summed E-state index contributed by atoms with van der Waals surface area (Å²) < 4.78 is 45.6. The maximum atomic E-state index is 13.6. The van der Waals surface area contributed by atoms with Gasteiger partial charge < -0.3 is 10.1 Å². The Kier molecular flexibility index (Phi) is 5.27. The molecule has 1 unspecified atom stereocenters. The first-order valence-corrected chi connectivity index (χ1v) is 10.2. The van der Waals surface area contributed by atoms with Crippen LogP contribution in [0.3, 0.4) is 0 Å². The molecule has 0 radical (unpaired) electrons. The van der Waals surface area contributed by atoms with Crippen molar-refractivity contribution in [3.05, 3.63) is 70.9 Å². The zero-order valence-corrected chi connectivity index (χ0v) is 18.2. The van der Waals surface area contributed by atoms with Crippen LogP contribution in [0.5, 0.6) is 5.75 Å². The summed E-state index contributed by atoms with van der Waals surface area (Å²) in [6.45, 7) is 6.16.